The molecule has 1 aliphatic carbocycles. The summed E-state index contributed by atoms with van der Waals surface area (Å²) in [7, 11) is 0. The number of rotatable bonds is 5. The number of carboxylic acid groups (broad SMARTS) is 1. The van der Waals surface area contributed by atoms with Crippen molar-refractivity contribution in [3.05, 3.63) is 34.3 Å². The van der Waals surface area contributed by atoms with Gasteiger partial charge >= 0.3 is 5.97 Å². The molecule has 0 unspecified atom stereocenters. The van der Waals surface area contributed by atoms with Crippen molar-refractivity contribution in [3.8, 4) is 0 Å². The molecule has 0 aliphatic heterocycles. The van der Waals surface area contributed by atoms with Gasteiger partial charge in [-0.25, -0.2) is 0 Å². The summed E-state index contributed by atoms with van der Waals surface area (Å²) in [6, 6.07) is 5.81. The third-order valence-electron chi connectivity index (χ3n) is 4.14. The van der Waals surface area contributed by atoms with Crippen LogP contribution in [0.4, 0.5) is 0 Å². The fourth-order valence-electron chi connectivity index (χ4n) is 2.64. The Morgan fingerprint density at radius 2 is 2.00 bits per heavy atom. The molecule has 1 saturated carbocycles. The van der Waals surface area contributed by atoms with Gasteiger partial charge in [-0.1, -0.05) is 37.6 Å². The number of halogens is 1. The quantitative estimate of drug-likeness (QED) is 0.860. The molecule has 1 fully saturated rings. The number of carbonyl (C=O) groups is 1. The van der Waals surface area contributed by atoms with Crippen molar-refractivity contribution < 1.29 is 9.90 Å². The Bertz CT molecular complexity index is 460. The molecule has 3 heteroatoms. The molecule has 2 rings (SSSR count). The summed E-state index contributed by atoms with van der Waals surface area (Å²) in [5.74, 6) is -0.264. The minimum atomic E-state index is -0.728. The molecule has 0 spiro atoms. The largest absolute Gasteiger partial charge is 0.481 e. The Labute approximate surface area is 113 Å². The van der Waals surface area contributed by atoms with E-state index in [4.69, 9.17) is 11.6 Å². The van der Waals surface area contributed by atoms with Gasteiger partial charge < -0.3 is 5.11 Å². The van der Waals surface area contributed by atoms with Gasteiger partial charge in [0.25, 0.3) is 0 Å². The highest BCUT2D eigenvalue weighted by atomic mass is 35.5. The van der Waals surface area contributed by atoms with Crippen LogP contribution in [0.25, 0.3) is 0 Å². The van der Waals surface area contributed by atoms with Crippen LogP contribution < -0.4 is 0 Å². The van der Waals surface area contributed by atoms with Gasteiger partial charge in [0.2, 0.25) is 0 Å². The van der Waals surface area contributed by atoms with Crippen LogP contribution >= 0.6 is 11.6 Å². The monoisotopic (exact) mass is 266 g/mol. The third kappa shape index (κ3) is 2.14. The highest BCUT2D eigenvalue weighted by Crippen LogP contribution is 2.49. The van der Waals surface area contributed by atoms with Gasteiger partial charge in [0.15, 0.2) is 0 Å². The Balaban J connectivity index is 2.34. The Morgan fingerprint density at radius 1 is 1.39 bits per heavy atom. The Hall–Kier alpha value is -1.02. The highest BCUT2D eigenvalue weighted by Gasteiger charge is 2.51. The summed E-state index contributed by atoms with van der Waals surface area (Å²) in [5.41, 5.74) is 1.34. The zero-order valence-electron chi connectivity index (χ0n) is 10.9. The van der Waals surface area contributed by atoms with Crippen LogP contribution in [0.3, 0.4) is 0 Å². The number of carboxylic acids is 1. The average molecular weight is 267 g/mol. The van der Waals surface area contributed by atoms with Crippen molar-refractivity contribution >= 4 is 17.6 Å². The predicted molar refractivity (Wildman–Crippen MR) is 73.3 cm³/mol. The summed E-state index contributed by atoms with van der Waals surface area (Å²) in [6.07, 6.45) is 3.56. The van der Waals surface area contributed by atoms with Crippen molar-refractivity contribution in [2.45, 2.75) is 50.9 Å². The van der Waals surface area contributed by atoms with E-state index in [2.05, 4.69) is 13.8 Å². The van der Waals surface area contributed by atoms with Gasteiger partial charge in [0.1, 0.15) is 0 Å². The number of aliphatic carboxylic acids is 1. The van der Waals surface area contributed by atoms with Crippen molar-refractivity contribution in [1.82, 2.24) is 0 Å². The molecule has 0 radical (unpaired) electrons. The minimum absolute atomic E-state index is 0.464. The summed E-state index contributed by atoms with van der Waals surface area (Å²) < 4.78 is 0. The SMILES string of the molecule is CCC(CC)c1ccc(C2(C(=O)O)CC2)cc1Cl. The first kappa shape index (κ1) is 13.4. The van der Waals surface area contributed by atoms with Crippen molar-refractivity contribution in [3.63, 3.8) is 0 Å². The fourth-order valence-corrected chi connectivity index (χ4v) is 2.97. The van der Waals surface area contributed by atoms with Crippen LogP contribution in [0, 0.1) is 0 Å². The van der Waals surface area contributed by atoms with E-state index in [-0.39, 0.29) is 0 Å². The molecule has 0 saturated heterocycles. The highest BCUT2D eigenvalue weighted by molar-refractivity contribution is 6.31. The first-order valence-corrected chi connectivity index (χ1v) is 6.96. The van der Waals surface area contributed by atoms with E-state index >= 15 is 0 Å². The van der Waals surface area contributed by atoms with Gasteiger partial charge in [-0.3, -0.25) is 4.79 Å². The molecule has 1 aromatic rings. The molecule has 2 nitrogen and oxygen atoms in total. The molecule has 0 atom stereocenters. The minimum Gasteiger partial charge on any atom is -0.481 e. The topological polar surface area (TPSA) is 37.3 Å². The summed E-state index contributed by atoms with van der Waals surface area (Å²) in [5, 5.41) is 9.99. The molecule has 0 amide bonds. The summed E-state index contributed by atoms with van der Waals surface area (Å²) in [4.78, 5) is 11.3. The van der Waals surface area contributed by atoms with E-state index in [1.54, 1.807) is 0 Å². The first-order valence-electron chi connectivity index (χ1n) is 6.58. The predicted octanol–water partition coefficient (Wildman–Crippen LogP) is 4.36. The normalized spacial score (nSPS) is 16.9. The van der Waals surface area contributed by atoms with Gasteiger partial charge in [-0.05, 0) is 48.8 Å². The van der Waals surface area contributed by atoms with Crippen LogP contribution in [0.2, 0.25) is 5.02 Å². The van der Waals surface area contributed by atoms with Gasteiger partial charge in [-0.2, -0.15) is 0 Å². The van der Waals surface area contributed by atoms with E-state index in [1.807, 2.05) is 18.2 Å². The lowest BCUT2D eigenvalue weighted by Crippen LogP contribution is -2.19. The van der Waals surface area contributed by atoms with Crippen LogP contribution in [-0.4, -0.2) is 11.1 Å². The van der Waals surface area contributed by atoms with Crippen LogP contribution in [-0.2, 0) is 10.2 Å². The number of benzene rings is 1. The molecule has 98 valence electrons. The standard InChI is InChI=1S/C15H19ClO2/c1-3-10(4-2)12-6-5-11(9-13(12)16)15(7-8-15)14(17)18/h5-6,9-10H,3-4,7-8H2,1-2H3,(H,17,18). The van der Waals surface area contributed by atoms with E-state index in [1.165, 1.54) is 0 Å². The molecule has 1 aliphatic rings. The first-order chi connectivity index (χ1) is 8.55. The molecule has 0 aromatic heterocycles. The number of hydrogen-bond acceptors (Lipinski definition) is 1. The maximum absolute atomic E-state index is 11.3. The molecular formula is C15H19ClO2. The maximum Gasteiger partial charge on any atom is 0.314 e. The van der Waals surface area contributed by atoms with E-state index in [9.17, 15) is 9.90 Å². The van der Waals surface area contributed by atoms with E-state index in [0.717, 1.165) is 36.8 Å². The summed E-state index contributed by atoms with van der Waals surface area (Å²) >= 11 is 6.33. The maximum atomic E-state index is 11.3. The molecule has 1 aromatic carbocycles. The van der Waals surface area contributed by atoms with Crippen molar-refractivity contribution in [1.29, 1.82) is 0 Å². The zero-order chi connectivity index (χ0) is 13.3. The molecule has 1 N–H and O–H groups in total. The average Bonchev–Trinajstić information content (AvgIpc) is 3.13. The van der Waals surface area contributed by atoms with E-state index in [0.29, 0.717) is 10.9 Å². The molecule has 0 bridgehead atoms. The lowest BCUT2D eigenvalue weighted by atomic mass is 9.89. The van der Waals surface area contributed by atoms with Crippen molar-refractivity contribution in [2.24, 2.45) is 0 Å². The van der Waals surface area contributed by atoms with E-state index < -0.39 is 11.4 Å². The molecule has 0 heterocycles. The Kier molecular flexibility index (Phi) is 3.67. The second kappa shape index (κ2) is 4.93. The van der Waals surface area contributed by atoms with Crippen LogP contribution in [0.5, 0.6) is 0 Å². The second-order valence-electron chi connectivity index (χ2n) is 5.14. The second-order valence-corrected chi connectivity index (χ2v) is 5.54. The van der Waals surface area contributed by atoms with Gasteiger partial charge in [0.05, 0.1) is 5.41 Å². The van der Waals surface area contributed by atoms with Crippen LogP contribution in [0.1, 0.15) is 56.6 Å². The fraction of sp³-hybridized carbons (Fsp3) is 0.533. The lowest BCUT2D eigenvalue weighted by Gasteiger charge is -2.17. The smallest absolute Gasteiger partial charge is 0.314 e. The number of hydrogen-bond donors (Lipinski definition) is 1. The van der Waals surface area contributed by atoms with Gasteiger partial charge in [-0.15, -0.1) is 0 Å². The Morgan fingerprint density at radius 3 is 2.39 bits per heavy atom. The van der Waals surface area contributed by atoms with Crippen molar-refractivity contribution in [2.75, 3.05) is 0 Å². The zero-order valence-corrected chi connectivity index (χ0v) is 11.6. The lowest BCUT2D eigenvalue weighted by molar-refractivity contribution is -0.140. The van der Waals surface area contributed by atoms with Gasteiger partial charge in [0, 0.05) is 5.02 Å². The van der Waals surface area contributed by atoms with Crippen LogP contribution in [0.15, 0.2) is 18.2 Å². The third-order valence-corrected chi connectivity index (χ3v) is 4.47. The molecule has 18 heavy (non-hydrogen) atoms. The summed E-state index contributed by atoms with van der Waals surface area (Å²) in [6.45, 7) is 4.30. The molecular weight excluding hydrogens is 248 g/mol.